The number of nitrogens with zero attached hydrogens (tertiary/aromatic N) is 4. The van der Waals surface area contributed by atoms with E-state index in [1.54, 1.807) is 4.57 Å². The van der Waals surface area contributed by atoms with Crippen molar-refractivity contribution in [2.24, 2.45) is 0 Å². The van der Waals surface area contributed by atoms with Crippen LogP contribution >= 0.6 is 15.9 Å². The van der Waals surface area contributed by atoms with Gasteiger partial charge in [-0.15, -0.1) is 5.10 Å². The second-order valence-corrected chi connectivity index (χ2v) is 8.58. The molecule has 0 atom stereocenters. The molecule has 4 rings (SSSR count). The van der Waals surface area contributed by atoms with Gasteiger partial charge >= 0.3 is 6.18 Å². The van der Waals surface area contributed by atoms with E-state index in [1.807, 2.05) is 13.0 Å². The van der Waals surface area contributed by atoms with Crippen LogP contribution in [0.1, 0.15) is 36.0 Å². The fourth-order valence-corrected chi connectivity index (χ4v) is 4.42. The van der Waals surface area contributed by atoms with Gasteiger partial charge in [0.2, 0.25) is 11.7 Å². The molecule has 1 aliphatic rings. The smallest absolute Gasteiger partial charge is 0.377 e. The molecule has 1 amide bonds. The fourth-order valence-electron chi connectivity index (χ4n) is 3.76. The first-order chi connectivity index (χ1) is 16.1. The van der Waals surface area contributed by atoms with Crippen LogP contribution in [0.25, 0.3) is 11.4 Å². The third-order valence-electron chi connectivity index (χ3n) is 5.51. The Hall–Kier alpha value is -2.99. The molecule has 0 unspecified atom stereocenters. The van der Waals surface area contributed by atoms with E-state index < -0.39 is 23.2 Å². The molecule has 1 aromatic carbocycles. The highest BCUT2D eigenvalue weighted by Gasteiger charge is 2.30. The number of aromatic nitrogens is 4. The average molecular weight is 540 g/mol. The maximum absolute atomic E-state index is 12.9. The number of hydrogen-bond acceptors (Lipinski definition) is 5. The van der Waals surface area contributed by atoms with Crippen molar-refractivity contribution in [3.8, 4) is 0 Å². The number of amides is 1. The Morgan fingerprint density at radius 3 is 2.71 bits per heavy atom. The molecule has 180 valence electrons. The van der Waals surface area contributed by atoms with E-state index in [4.69, 9.17) is 4.74 Å². The topological polar surface area (TPSA) is 90.5 Å². The predicted octanol–water partition coefficient (Wildman–Crippen LogP) is 3.99. The fraction of sp³-hybridized carbons (Fsp3) is 0.364. The minimum Gasteiger partial charge on any atom is -0.377 e. The van der Waals surface area contributed by atoms with Crippen molar-refractivity contribution in [3.63, 3.8) is 0 Å². The monoisotopic (exact) mass is 539 g/mol. The predicted molar refractivity (Wildman–Crippen MR) is 123 cm³/mol. The molecule has 3 heterocycles. The Balaban J connectivity index is 1.70. The van der Waals surface area contributed by atoms with Gasteiger partial charge in [0.05, 0.1) is 18.8 Å². The molecule has 34 heavy (non-hydrogen) atoms. The lowest BCUT2D eigenvalue weighted by molar-refractivity contribution is -0.137. The highest BCUT2D eigenvalue weighted by molar-refractivity contribution is 9.10. The molecular weight excluding hydrogens is 519 g/mol. The van der Waals surface area contributed by atoms with Gasteiger partial charge in [0.15, 0.2) is 5.82 Å². The summed E-state index contributed by atoms with van der Waals surface area (Å²) in [5, 5.41) is 7.00. The molecule has 1 aliphatic heterocycles. The van der Waals surface area contributed by atoms with Gasteiger partial charge < -0.3 is 14.6 Å². The number of fused-ring (bicyclic) bond motifs is 1. The summed E-state index contributed by atoms with van der Waals surface area (Å²) in [6.45, 7) is 4.05. The third-order valence-corrected chi connectivity index (χ3v) is 6.30. The highest BCUT2D eigenvalue weighted by atomic mass is 79.9. The Bertz CT molecular complexity index is 1360. The van der Waals surface area contributed by atoms with E-state index in [0.717, 1.165) is 22.2 Å². The number of rotatable bonds is 5. The number of halogens is 4. The van der Waals surface area contributed by atoms with Crippen molar-refractivity contribution in [3.05, 3.63) is 61.7 Å². The number of alkyl halides is 3. The molecule has 0 bridgehead atoms. The lowest BCUT2D eigenvalue weighted by atomic mass is 10.1. The summed E-state index contributed by atoms with van der Waals surface area (Å²) in [7, 11) is 0. The second kappa shape index (κ2) is 9.34. The maximum atomic E-state index is 12.9. The van der Waals surface area contributed by atoms with Gasteiger partial charge in [-0.3, -0.25) is 9.59 Å². The largest absolute Gasteiger partial charge is 0.416 e. The Morgan fingerprint density at radius 2 is 2.09 bits per heavy atom. The minimum atomic E-state index is -4.47. The van der Waals surface area contributed by atoms with Gasteiger partial charge in [0.1, 0.15) is 11.0 Å². The van der Waals surface area contributed by atoms with Gasteiger partial charge in [-0.2, -0.15) is 22.7 Å². The molecule has 8 nitrogen and oxygen atoms in total. The van der Waals surface area contributed by atoms with Crippen LogP contribution < -0.4 is 10.9 Å². The van der Waals surface area contributed by atoms with Crippen molar-refractivity contribution < 1.29 is 22.7 Å². The Morgan fingerprint density at radius 1 is 1.32 bits per heavy atom. The number of benzene rings is 1. The molecule has 0 saturated carbocycles. The number of carbonyl (C=O) groups excluding carboxylic acids is 1. The summed E-state index contributed by atoms with van der Waals surface area (Å²) in [6.07, 6.45) is -1.59. The third kappa shape index (κ3) is 4.64. The first-order valence-electron chi connectivity index (χ1n) is 10.5. The van der Waals surface area contributed by atoms with Gasteiger partial charge in [0, 0.05) is 11.4 Å². The van der Waals surface area contributed by atoms with Crippen LogP contribution in [0.2, 0.25) is 0 Å². The molecule has 0 radical (unpaired) electrons. The van der Waals surface area contributed by atoms with Gasteiger partial charge in [-0.1, -0.05) is 13.0 Å². The van der Waals surface area contributed by atoms with E-state index in [9.17, 15) is 22.8 Å². The Kier molecular flexibility index (Phi) is 6.63. The zero-order chi connectivity index (χ0) is 24.6. The number of hydrogen-bond donors (Lipinski definition) is 1. The van der Waals surface area contributed by atoms with E-state index in [1.165, 1.54) is 13.0 Å². The van der Waals surface area contributed by atoms with Crippen molar-refractivity contribution in [2.45, 2.75) is 39.4 Å². The van der Waals surface area contributed by atoms with Gasteiger partial charge in [0.25, 0.3) is 5.56 Å². The zero-order valence-electron chi connectivity index (χ0n) is 18.4. The summed E-state index contributed by atoms with van der Waals surface area (Å²) in [5.41, 5.74) is 0.758. The maximum Gasteiger partial charge on any atom is 0.416 e. The highest BCUT2D eigenvalue weighted by Crippen LogP contribution is 2.31. The molecule has 3 aromatic rings. The Labute approximate surface area is 200 Å². The number of ether oxygens (including phenoxy) is 1. The standard InChI is InChI=1S/C22H21BrF3N5O3/c1-3-16-18(23)20(33)31-21(28-19(29-31)13-6-8-34-9-7-13)30(16)11-17(32)27-15-5-4-14(10-12(15)2)22(24,25)26/h4-6,10H,3,7-9,11H2,1-2H3,(H,27,32). The van der Waals surface area contributed by atoms with Crippen molar-refractivity contribution >= 4 is 38.9 Å². The van der Waals surface area contributed by atoms with Crippen LogP contribution in [0.3, 0.4) is 0 Å². The molecule has 0 saturated heterocycles. The first-order valence-corrected chi connectivity index (χ1v) is 11.3. The van der Waals surface area contributed by atoms with E-state index in [2.05, 4.69) is 31.3 Å². The quantitative estimate of drug-likeness (QED) is 0.529. The number of nitrogens with one attached hydrogen (secondary N) is 1. The van der Waals surface area contributed by atoms with E-state index >= 15 is 0 Å². The van der Waals surface area contributed by atoms with Crippen LogP contribution in [0, 0.1) is 6.92 Å². The second-order valence-electron chi connectivity index (χ2n) is 7.78. The summed E-state index contributed by atoms with van der Waals surface area (Å²) in [5.74, 6) is 0.102. The number of carbonyl (C=O) groups is 1. The molecule has 0 aliphatic carbocycles. The SMILES string of the molecule is CCc1c(Br)c(=O)n2nc(C3=CCOCC3)nc2n1CC(=O)Nc1ccc(C(F)(F)F)cc1C. The lowest BCUT2D eigenvalue weighted by Crippen LogP contribution is -2.28. The molecule has 0 spiro atoms. The minimum absolute atomic E-state index is 0.201. The summed E-state index contributed by atoms with van der Waals surface area (Å²) in [4.78, 5) is 30.3. The van der Waals surface area contributed by atoms with Crippen molar-refractivity contribution in [2.75, 3.05) is 18.5 Å². The summed E-state index contributed by atoms with van der Waals surface area (Å²) in [6, 6.07) is 3.12. The van der Waals surface area contributed by atoms with Crippen LogP contribution in [-0.2, 0) is 28.7 Å². The molecule has 0 fully saturated rings. The normalized spacial score (nSPS) is 14.4. The molecular formula is C22H21BrF3N5O3. The molecule has 2 aromatic heterocycles. The first kappa shape index (κ1) is 24.1. The zero-order valence-corrected chi connectivity index (χ0v) is 20.0. The van der Waals surface area contributed by atoms with Crippen molar-refractivity contribution in [1.82, 2.24) is 19.2 Å². The van der Waals surface area contributed by atoms with Crippen LogP contribution in [0.4, 0.5) is 18.9 Å². The van der Waals surface area contributed by atoms with E-state index in [-0.39, 0.29) is 28.0 Å². The van der Waals surface area contributed by atoms with Gasteiger partial charge in [-0.05, 0) is 65.0 Å². The summed E-state index contributed by atoms with van der Waals surface area (Å²) >= 11 is 3.32. The number of anilines is 1. The van der Waals surface area contributed by atoms with E-state index in [0.29, 0.717) is 37.6 Å². The average Bonchev–Trinajstić information content (AvgIpc) is 3.24. The molecule has 1 N–H and O–H groups in total. The number of aryl methyl sites for hydroxylation is 1. The molecule has 12 heteroatoms. The van der Waals surface area contributed by atoms with Gasteiger partial charge in [-0.25, -0.2) is 0 Å². The van der Waals surface area contributed by atoms with Crippen LogP contribution in [0.15, 0.2) is 33.5 Å². The lowest BCUT2D eigenvalue weighted by Gasteiger charge is -2.16. The van der Waals surface area contributed by atoms with Crippen LogP contribution in [0.5, 0.6) is 0 Å². The van der Waals surface area contributed by atoms with Crippen molar-refractivity contribution in [1.29, 1.82) is 0 Å². The van der Waals surface area contributed by atoms with Crippen LogP contribution in [-0.4, -0.2) is 38.3 Å². The summed E-state index contributed by atoms with van der Waals surface area (Å²) < 4.78 is 47.1.